The van der Waals surface area contributed by atoms with Gasteiger partial charge in [-0.15, -0.1) is 6.58 Å². The third-order valence-electron chi connectivity index (χ3n) is 11.2. The highest BCUT2D eigenvalue weighted by molar-refractivity contribution is 7.47. The Morgan fingerprint density at radius 2 is 1.51 bits per heavy atom. The number of nitrogens with one attached hydrogen (secondary N) is 1. The van der Waals surface area contributed by atoms with Crippen molar-refractivity contribution < 1.29 is 114 Å². The second-order valence-electron chi connectivity index (χ2n) is 17.0. The van der Waals surface area contributed by atoms with Crippen molar-refractivity contribution in [3.8, 4) is 0 Å². The number of phosphoric acid groups is 2. The van der Waals surface area contributed by atoms with Crippen LogP contribution in [0.1, 0.15) is 59.4 Å². The number of carbonyl (C=O) groups excluding carboxylic acids is 6. The number of imidazole rings is 1. The van der Waals surface area contributed by atoms with Crippen molar-refractivity contribution in [1.29, 1.82) is 0 Å². The maximum atomic E-state index is 14.4. The number of ether oxygens (including phenoxy) is 9. The van der Waals surface area contributed by atoms with E-state index in [0.717, 1.165) is 49.5 Å². The fraction of sp³-hybridized carbons (Fsp3) is 0.585. The second kappa shape index (κ2) is 25.8. The lowest BCUT2D eigenvalue weighted by Gasteiger charge is -2.44. The first-order valence-corrected chi connectivity index (χ1v) is 25.9. The summed E-state index contributed by atoms with van der Waals surface area (Å²) in [5, 5.41) is 14.3. The summed E-state index contributed by atoms with van der Waals surface area (Å²) in [7, 11) is -10.6. The summed E-state index contributed by atoms with van der Waals surface area (Å²) in [4.78, 5) is 135. The topological polar surface area (TPSA) is 471 Å². The molecule has 9 N–H and O–H groups in total. The number of aliphatic hydroxyl groups excluding tert-OH is 1. The number of rotatable bonds is 24. The van der Waals surface area contributed by atoms with Crippen LogP contribution in [-0.2, 0) is 94.1 Å². The highest BCUT2D eigenvalue weighted by Gasteiger charge is 2.54. The average Bonchev–Trinajstić information content (AvgIpc) is 4.04. The van der Waals surface area contributed by atoms with E-state index < -0.39 is 170 Å². The number of nitrogen functional groups attached to an aromatic ring is 2. The molecule has 3 saturated heterocycles. The van der Waals surface area contributed by atoms with E-state index in [2.05, 4.69) is 36.4 Å². The maximum Gasteiger partial charge on any atom is 0.472 e. The molecule has 0 aromatic carbocycles. The van der Waals surface area contributed by atoms with Crippen LogP contribution in [0.3, 0.4) is 0 Å². The minimum Gasteiger partial charge on any atom is -0.463 e. The number of nitrogens with zero attached hydrogens (tertiary/aromatic N) is 6. The third-order valence-corrected chi connectivity index (χ3v) is 12.7. The molecule has 424 valence electrons. The van der Waals surface area contributed by atoms with Gasteiger partial charge >= 0.3 is 51.2 Å². The molecule has 0 aliphatic carbocycles. The molecule has 1 amide bonds. The predicted molar refractivity (Wildman–Crippen MR) is 249 cm³/mol. The molecule has 0 radical (unpaired) electrons. The number of nitrogens with two attached hydrogens (primary N) is 2. The number of allylic oxidation sites excluding steroid dienone is 1. The Labute approximate surface area is 434 Å². The van der Waals surface area contributed by atoms with Gasteiger partial charge in [0.25, 0.3) is 0 Å². The Bertz CT molecular complexity index is 2810. The van der Waals surface area contributed by atoms with Crippen LogP contribution < -0.4 is 22.5 Å². The Hall–Kier alpha value is -6.39. The van der Waals surface area contributed by atoms with Crippen LogP contribution in [0.5, 0.6) is 0 Å². The summed E-state index contributed by atoms with van der Waals surface area (Å²) in [6.45, 7) is 3.99. The molecular formula is C41H55N9O25P2. The Balaban J connectivity index is 1.29. The molecule has 36 heteroatoms. The van der Waals surface area contributed by atoms with Gasteiger partial charge in [-0.1, -0.05) is 6.08 Å². The quantitative estimate of drug-likeness (QED) is 0.0218. The summed E-state index contributed by atoms with van der Waals surface area (Å²) >= 11 is 0. The van der Waals surface area contributed by atoms with Gasteiger partial charge in [0.2, 0.25) is 5.91 Å². The zero-order valence-electron chi connectivity index (χ0n) is 41.1. The molecule has 14 atom stereocenters. The van der Waals surface area contributed by atoms with Gasteiger partial charge in [-0.05, 0) is 12.5 Å². The highest BCUT2D eigenvalue weighted by Crippen LogP contribution is 2.50. The van der Waals surface area contributed by atoms with Gasteiger partial charge in [0, 0.05) is 46.7 Å². The Morgan fingerprint density at radius 3 is 2.16 bits per heavy atom. The van der Waals surface area contributed by atoms with Gasteiger partial charge in [0.1, 0.15) is 61.0 Å². The fourth-order valence-corrected chi connectivity index (χ4v) is 9.30. The molecule has 0 saturated carbocycles. The molecule has 3 aliphatic rings. The largest absolute Gasteiger partial charge is 0.472 e. The number of aromatic nitrogens is 6. The summed E-state index contributed by atoms with van der Waals surface area (Å²) in [6, 6.07) is -0.665. The van der Waals surface area contributed by atoms with E-state index in [4.69, 9.17) is 63.1 Å². The summed E-state index contributed by atoms with van der Waals surface area (Å²) in [5.41, 5.74) is 10.7. The van der Waals surface area contributed by atoms with Crippen molar-refractivity contribution in [3.05, 3.63) is 48.1 Å². The summed E-state index contributed by atoms with van der Waals surface area (Å²) in [6.07, 6.45) is -15.9. The highest BCUT2D eigenvalue weighted by atomic mass is 31.2. The van der Waals surface area contributed by atoms with E-state index in [9.17, 15) is 62.5 Å². The molecule has 3 aromatic heterocycles. The fourth-order valence-electron chi connectivity index (χ4n) is 8.00. The van der Waals surface area contributed by atoms with Crippen LogP contribution in [0.15, 0.2) is 42.4 Å². The van der Waals surface area contributed by atoms with Crippen molar-refractivity contribution in [2.75, 3.05) is 37.9 Å². The first-order chi connectivity index (χ1) is 36.2. The molecule has 6 rings (SSSR count). The number of phosphoric ester groups is 2. The van der Waals surface area contributed by atoms with Crippen molar-refractivity contribution in [2.45, 2.75) is 127 Å². The first-order valence-electron chi connectivity index (χ1n) is 22.9. The average molecular weight is 1140 g/mol. The lowest BCUT2D eigenvalue weighted by atomic mass is 9.98. The van der Waals surface area contributed by atoms with E-state index in [1.165, 1.54) is 18.3 Å². The van der Waals surface area contributed by atoms with Crippen molar-refractivity contribution in [3.63, 3.8) is 0 Å². The molecule has 1 unspecified atom stereocenters. The zero-order chi connectivity index (χ0) is 56.5. The number of aliphatic hydroxyl groups is 1. The molecule has 3 aromatic rings. The van der Waals surface area contributed by atoms with Crippen LogP contribution >= 0.6 is 15.6 Å². The van der Waals surface area contributed by atoms with Gasteiger partial charge in [-0.25, -0.2) is 33.7 Å². The van der Waals surface area contributed by atoms with Gasteiger partial charge in [0.15, 0.2) is 54.4 Å². The van der Waals surface area contributed by atoms with Gasteiger partial charge in [0.05, 0.1) is 26.1 Å². The molecular weight excluding hydrogens is 1080 g/mol. The number of amides is 1. The van der Waals surface area contributed by atoms with Crippen LogP contribution in [0.4, 0.5) is 11.6 Å². The van der Waals surface area contributed by atoms with Gasteiger partial charge in [-0.2, -0.15) is 4.98 Å². The number of carbonyl (C=O) groups is 6. The Kier molecular flexibility index (Phi) is 20.1. The third kappa shape index (κ3) is 16.1. The van der Waals surface area contributed by atoms with Crippen molar-refractivity contribution in [1.82, 2.24) is 34.4 Å². The summed E-state index contributed by atoms with van der Waals surface area (Å²) < 4.78 is 93.6. The zero-order valence-corrected chi connectivity index (χ0v) is 42.9. The molecule has 0 bridgehead atoms. The van der Waals surface area contributed by atoms with Crippen LogP contribution in [-0.4, -0.2) is 178 Å². The maximum absolute atomic E-state index is 14.4. The summed E-state index contributed by atoms with van der Waals surface area (Å²) in [5.74, 6) is -6.12. The lowest BCUT2D eigenvalue weighted by Crippen LogP contribution is -2.63. The van der Waals surface area contributed by atoms with E-state index in [-0.39, 0.29) is 35.6 Å². The molecule has 3 fully saturated rings. The van der Waals surface area contributed by atoms with Crippen LogP contribution in [0.2, 0.25) is 0 Å². The van der Waals surface area contributed by atoms with Gasteiger partial charge in [-0.3, -0.25) is 46.7 Å². The van der Waals surface area contributed by atoms with E-state index in [1.54, 1.807) is 0 Å². The van der Waals surface area contributed by atoms with E-state index >= 15 is 0 Å². The molecule has 34 nitrogen and oxygen atoms in total. The Morgan fingerprint density at radius 1 is 0.844 bits per heavy atom. The molecule has 0 spiro atoms. The lowest BCUT2D eigenvalue weighted by molar-refractivity contribution is -0.308. The normalized spacial score (nSPS) is 27.4. The van der Waals surface area contributed by atoms with E-state index in [0.29, 0.717) is 0 Å². The number of hydrogen-bond donors (Lipinski definition) is 7. The predicted octanol–water partition coefficient (Wildman–Crippen LogP) is -2.13. The first kappa shape index (κ1) is 59.8. The molecule has 77 heavy (non-hydrogen) atoms. The van der Waals surface area contributed by atoms with Crippen LogP contribution in [0.25, 0.3) is 11.2 Å². The van der Waals surface area contributed by atoms with Crippen molar-refractivity contribution >= 4 is 74.2 Å². The number of fused-ring (bicyclic) bond motifs is 1. The number of esters is 5. The molecule has 6 heterocycles. The second-order valence-corrected chi connectivity index (χ2v) is 19.6. The minimum absolute atomic E-state index is 0.00954. The monoisotopic (exact) mass is 1140 g/mol. The van der Waals surface area contributed by atoms with Crippen LogP contribution in [0, 0.1) is 0 Å². The standard InChI is InChI=1S/C41H55N9O25P2/c1-6-7-8-28(55)47-22(12-65-40-35(70-21(5)54)34(69-20(4)53)33(68-19(3)52)25(73-40)13-64-18(2)51)39(57)74-32-26(72-38(31(32)56)50-17-46-30-36(43)44-16-45-37(30)50)15-67-77(62,63)75-23-11-29(49-10-9-27(42)48-41(49)58)71-24(23)14-66-76(59,60)61/h6,9-10,16-17,22-26,29,31-35,38,40,56H,1,7-8,11-15H2,2-5H3,(H,47,55)(H,62,63)(H2,42,48,58)(H2,43,44,45)(H2,59,60,61)/t22-,23-,24+,25+,26+,29+,31+,32+,33+,34-,35-,38+,40-/m0/s1. The SMILES string of the molecule is C=CCCC(=O)N[C@@H](CO[C@H]1O[C@H](COC(C)=O)[C@@H](OC(C)=O)[C@H](OC(C)=O)[C@@H]1OC(C)=O)C(=O)O[C@H]1[C@@H](O)[C@H](n2cnc3c(N)ncnc32)O[C@@H]1COP(=O)(O)O[C@H]1C[C@H](n2ccc(N)nc2=O)O[C@@H]1COP(=O)(O)O. The minimum atomic E-state index is -5.41. The molecule has 3 aliphatic heterocycles. The number of hydrogen-bond acceptors (Lipinski definition) is 28. The smallest absolute Gasteiger partial charge is 0.463 e. The van der Waals surface area contributed by atoms with Gasteiger partial charge < -0.3 is 79.2 Å². The number of anilines is 2. The van der Waals surface area contributed by atoms with E-state index in [1.807, 2.05) is 0 Å². The van der Waals surface area contributed by atoms with Crippen molar-refractivity contribution in [2.24, 2.45) is 0 Å².